The summed E-state index contributed by atoms with van der Waals surface area (Å²) < 4.78 is 11.2. The first-order valence-electron chi connectivity index (χ1n) is 8.39. The summed E-state index contributed by atoms with van der Waals surface area (Å²) in [7, 11) is 1.47. The predicted molar refractivity (Wildman–Crippen MR) is 108 cm³/mol. The van der Waals surface area contributed by atoms with E-state index in [4.69, 9.17) is 26.8 Å². The average molecular weight is 412 g/mol. The zero-order valence-corrected chi connectivity index (χ0v) is 16.0. The van der Waals surface area contributed by atoms with Crippen molar-refractivity contribution in [1.29, 1.82) is 0 Å². The van der Waals surface area contributed by atoms with Crippen LogP contribution in [0.4, 0.5) is 0 Å². The van der Waals surface area contributed by atoms with Crippen molar-refractivity contribution >= 4 is 41.2 Å². The van der Waals surface area contributed by atoms with Gasteiger partial charge in [0.15, 0.2) is 16.6 Å². The number of thiocarbonyl (C=S) groups is 1. The first kappa shape index (κ1) is 20.0. The molecule has 1 saturated heterocycles. The first-order chi connectivity index (χ1) is 13.9. The molecule has 3 rings (SSSR count). The van der Waals surface area contributed by atoms with Gasteiger partial charge in [0.2, 0.25) is 0 Å². The van der Waals surface area contributed by atoms with Gasteiger partial charge in [-0.25, -0.2) is 4.79 Å². The topological polar surface area (TPSA) is 114 Å². The lowest BCUT2D eigenvalue weighted by Gasteiger charge is -2.18. The van der Waals surface area contributed by atoms with Gasteiger partial charge in [0.1, 0.15) is 12.2 Å². The van der Waals surface area contributed by atoms with E-state index < -0.39 is 17.8 Å². The quantitative estimate of drug-likeness (QED) is 0.377. The van der Waals surface area contributed by atoms with Crippen LogP contribution >= 0.6 is 12.2 Å². The Bertz CT molecular complexity index is 1010. The number of carbonyl (C=O) groups is 3. The molecule has 2 aromatic rings. The molecular weight excluding hydrogens is 396 g/mol. The van der Waals surface area contributed by atoms with Crippen molar-refractivity contribution in [3.05, 3.63) is 64.7 Å². The molecule has 2 amide bonds. The number of ether oxygens (including phenoxy) is 2. The summed E-state index contributed by atoms with van der Waals surface area (Å²) in [6.07, 6.45) is 1.39. The van der Waals surface area contributed by atoms with Crippen LogP contribution in [0.15, 0.2) is 48.0 Å². The van der Waals surface area contributed by atoms with Gasteiger partial charge in [0.05, 0.1) is 12.7 Å². The number of hydrogen-bond acceptors (Lipinski definition) is 6. The van der Waals surface area contributed by atoms with Gasteiger partial charge in [-0.2, -0.15) is 0 Å². The number of carboxylic acids is 1. The minimum absolute atomic E-state index is 0.0518. The second-order valence-electron chi connectivity index (χ2n) is 5.96. The fraction of sp³-hybridized carbons (Fsp3) is 0.100. The van der Waals surface area contributed by atoms with Gasteiger partial charge in [0, 0.05) is 5.56 Å². The van der Waals surface area contributed by atoms with Crippen LogP contribution in [-0.2, 0) is 16.2 Å². The molecule has 3 N–H and O–H groups in total. The third-order valence-electron chi connectivity index (χ3n) is 4.06. The van der Waals surface area contributed by atoms with Crippen LogP contribution in [0.2, 0.25) is 0 Å². The van der Waals surface area contributed by atoms with Crippen molar-refractivity contribution in [1.82, 2.24) is 10.6 Å². The number of benzene rings is 2. The molecule has 0 aromatic heterocycles. The SMILES string of the molecule is COc1cccc(C=C2C(=O)NC(=S)NC2=O)c1OCc1ccc(C(=O)O)cc1. The summed E-state index contributed by atoms with van der Waals surface area (Å²) in [6.45, 7) is 0.124. The summed E-state index contributed by atoms with van der Waals surface area (Å²) >= 11 is 4.79. The molecular formula is C20H16N2O6S. The summed E-state index contributed by atoms with van der Waals surface area (Å²) in [6, 6.07) is 11.3. The number of carbonyl (C=O) groups excluding carboxylic acids is 2. The van der Waals surface area contributed by atoms with E-state index >= 15 is 0 Å². The molecule has 1 heterocycles. The summed E-state index contributed by atoms with van der Waals surface area (Å²) in [5.74, 6) is -1.50. The average Bonchev–Trinajstić information content (AvgIpc) is 2.69. The van der Waals surface area contributed by atoms with E-state index in [9.17, 15) is 14.4 Å². The minimum atomic E-state index is -1.01. The second-order valence-corrected chi connectivity index (χ2v) is 6.37. The Hall–Kier alpha value is -3.72. The first-order valence-corrected chi connectivity index (χ1v) is 8.80. The van der Waals surface area contributed by atoms with E-state index in [1.165, 1.54) is 25.3 Å². The molecule has 0 radical (unpaired) electrons. The molecule has 1 fully saturated rings. The van der Waals surface area contributed by atoms with Gasteiger partial charge in [0.25, 0.3) is 11.8 Å². The summed E-state index contributed by atoms with van der Waals surface area (Å²) in [5, 5.41) is 13.7. The van der Waals surface area contributed by atoms with Crippen molar-refractivity contribution in [3.8, 4) is 11.5 Å². The van der Waals surface area contributed by atoms with Crippen LogP contribution in [0, 0.1) is 0 Å². The van der Waals surface area contributed by atoms with Crippen molar-refractivity contribution in [2.45, 2.75) is 6.61 Å². The van der Waals surface area contributed by atoms with E-state index in [2.05, 4.69) is 10.6 Å². The third-order valence-corrected chi connectivity index (χ3v) is 4.26. The van der Waals surface area contributed by atoms with Crippen molar-refractivity contribution in [2.75, 3.05) is 7.11 Å². The second kappa shape index (κ2) is 8.53. The smallest absolute Gasteiger partial charge is 0.335 e. The molecule has 8 nitrogen and oxygen atoms in total. The Morgan fingerprint density at radius 2 is 1.76 bits per heavy atom. The minimum Gasteiger partial charge on any atom is -0.493 e. The highest BCUT2D eigenvalue weighted by Gasteiger charge is 2.26. The number of methoxy groups -OCH3 is 1. The lowest BCUT2D eigenvalue weighted by Crippen LogP contribution is -2.51. The Kier molecular flexibility index (Phi) is 5.89. The van der Waals surface area contributed by atoms with E-state index in [0.717, 1.165) is 5.56 Å². The van der Waals surface area contributed by atoms with Crippen LogP contribution in [0.3, 0.4) is 0 Å². The Balaban J connectivity index is 1.89. The molecule has 0 unspecified atom stereocenters. The fourth-order valence-electron chi connectivity index (χ4n) is 2.62. The summed E-state index contributed by atoms with van der Waals surface area (Å²) in [4.78, 5) is 35.2. The maximum atomic E-state index is 12.1. The van der Waals surface area contributed by atoms with Crippen LogP contribution in [-0.4, -0.2) is 35.1 Å². The molecule has 0 aliphatic carbocycles. The fourth-order valence-corrected chi connectivity index (χ4v) is 2.81. The molecule has 0 saturated carbocycles. The Morgan fingerprint density at radius 1 is 1.10 bits per heavy atom. The van der Waals surface area contributed by atoms with E-state index in [1.807, 2.05) is 0 Å². The maximum absolute atomic E-state index is 12.1. The lowest BCUT2D eigenvalue weighted by atomic mass is 10.1. The molecule has 0 atom stereocenters. The van der Waals surface area contributed by atoms with Gasteiger partial charge in [-0.1, -0.05) is 24.3 Å². The standard InChI is InChI=1S/C20H16N2O6S/c1-27-15-4-2-3-13(9-14-17(23)21-20(29)22-18(14)24)16(15)28-10-11-5-7-12(8-6-11)19(25)26/h2-9H,10H2,1H3,(H,25,26)(H2,21,22,23,24,29). The molecule has 1 aliphatic heterocycles. The molecule has 0 bridgehead atoms. The van der Waals surface area contributed by atoms with Gasteiger partial charge in [-0.3, -0.25) is 20.2 Å². The highest BCUT2D eigenvalue weighted by Crippen LogP contribution is 2.33. The number of para-hydroxylation sites is 1. The monoisotopic (exact) mass is 412 g/mol. The Labute approximate surface area is 171 Å². The summed E-state index contributed by atoms with van der Waals surface area (Å²) in [5.41, 5.74) is 1.24. The number of amides is 2. The third kappa shape index (κ3) is 4.58. The van der Waals surface area contributed by atoms with E-state index in [1.54, 1.807) is 30.3 Å². The van der Waals surface area contributed by atoms with Gasteiger partial charge < -0.3 is 14.6 Å². The normalized spacial score (nSPS) is 13.4. The van der Waals surface area contributed by atoms with Crippen molar-refractivity contribution in [2.24, 2.45) is 0 Å². The highest BCUT2D eigenvalue weighted by molar-refractivity contribution is 7.80. The zero-order chi connectivity index (χ0) is 21.0. The van der Waals surface area contributed by atoms with Crippen molar-refractivity contribution < 1.29 is 29.0 Å². The Morgan fingerprint density at radius 3 is 2.34 bits per heavy atom. The predicted octanol–water partition coefficient (Wildman–Crippen LogP) is 1.89. The highest BCUT2D eigenvalue weighted by atomic mass is 32.1. The lowest BCUT2D eigenvalue weighted by molar-refractivity contribution is -0.123. The van der Waals surface area contributed by atoms with Gasteiger partial charge in [-0.15, -0.1) is 0 Å². The van der Waals surface area contributed by atoms with Crippen LogP contribution in [0.25, 0.3) is 6.08 Å². The van der Waals surface area contributed by atoms with Gasteiger partial charge >= 0.3 is 5.97 Å². The molecule has 148 valence electrons. The van der Waals surface area contributed by atoms with Crippen LogP contribution < -0.4 is 20.1 Å². The molecule has 1 aliphatic rings. The number of nitrogens with one attached hydrogen (secondary N) is 2. The number of aromatic carboxylic acids is 1. The molecule has 29 heavy (non-hydrogen) atoms. The number of rotatable bonds is 6. The maximum Gasteiger partial charge on any atom is 0.335 e. The number of carboxylic acid groups (broad SMARTS) is 1. The van der Waals surface area contributed by atoms with E-state index in [-0.39, 0.29) is 22.9 Å². The van der Waals surface area contributed by atoms with E-state index in [0.29, 0.717) is 17.1 Å². The molecule has 2 aromatic carbocycles. The van der Waals surface area contributed by atoms with Gasteiger partial charge in [-0.05, 0) is 42.1 Å². The molecule has 0 spiro atoms. The zero-order valence-electron chi connectivity index (χ0n) is 15.2. The van der Waals surface area contributed by atoms with Crippen LogP contribution in [0.1, 0.15) is 21.5 Å². The molecule has 9 heteroatoms. The largest absolute Gasteiger partial charge is 0.493 e. The number of hydrogen-bond donors (Lipinski definition) is 3. The van der Waals surface area contributed by atoms with Crippen LogP contribution in [0.5, 0.6) is 11.5 Å². The van der Waals surface area contributed by atoms with Crippen molar-refractivity contribution in [3.63, 3.8) is 0 Å².